The molecule has 1 aliphatic rings. The van der Waals surface area contributed by atoms with Crippen molar-refractivity contribution in [2.75, 3.05) is 0 Å². The first-order chi connectivity index (χ1) is 9.90. The second-order valence-corrected chi connectivity index (χ2v) is 4.72. The van der Waals surface area contributed by atoms with Crippen LogP contribution < -0.4 is 0 Å². The van der Waals surface area contributed by atoms with Crippen molar-refractivity contribution in [3.05, 3.63) is 95.5 Å². The predicted molar refractivity (Wildman–Crippen MR) is 81.4 cm³/mol. The Hall–Kier alpha value is -2.70. The van der Waals surface area contributed by atoms with Crippen molar-refractivity contribution >= 4 is 11.3 Å². The maximum Gasteiger partial charge on any atom is 0.303 e. The Kier molecular flexibility index (Phi) is 3.40. The minimum atomic E-state index is -0.0337. The zero-order chi connectivity index (χ0) is 13.8. The fourth-order valence-corrected chi connectivity index (χ4v) is 2.58. The summed E-state index contributed by atoms with van der Waals surface area (Å²) in [5.74, 6) is -0.0337. The third-order valence-corrected chi connectivity index (χ3v) is 3.51. The van der Waals surface area contributed by atoms with Crippen molar-refractivity contribution in [2.24, 2.45) is 0 Å². The van der Waals surface area contributed by atoms with Crippen LogP contribution in [0.4, 0.5) is 0 Å². The summed E-state index contributed by atoms with van der Waals surface area (Å²) in [5, 5.41) is 0. The number of hydrogen-bond donors (Lipinski definition) is 0. The van der Waals surface area contributed by atoms with Crippen molar-refractivity contribution in [1.29, 1.82) is 0 Å². The molecule has 0 heterocycles. The monoisotopic (exact) mass is 258 g/mol. The van der Waals surface area contributed by atoms with Crippen LogP contribution in [-0.2, 0) is 0 Å². The molecule has 0 saturated heterocycles. The second kappa shape index (κ2) is 5.52. The van der Waals surface area contributed by atoms with Crippen LogP contribution in [0, 0.1) is 0 Å². The van der Waals surface area contributed by atoms with E-state index in [0.29, 0.717) is 5.71 Å². The van der Waals surface area contributed by atoms with E-state index in [1.54, 1.807) is 0 Å². The Bertz CT molecular complexity index is 706. The molecule has 0 aliphatic heterocycles. The average Bonchev–Trinajstić information content (AvgIpc) is 2.55. The van der Waals surface area contributed by atoms with Gasteiger partial charge in [-0.15, -0.1) is 0 Å². The molecule has 2 aromatic carbocycles. The van der Waals surface area contributed by atoms with E-state index in [-0.39, 0.29) is 5.92 Å². The number of allylic oxidation sites excluding steroid dienone is 4. The maximum absolute atomic E-state index is 9.30. The standard InChI is InChI=1S/C18H14N2/c19-20-17-13-7-12-16(14-8-3-1-4-9-14)18(17)15-10-5-2-6-11-15/h1-13,18H. The van der Waals surface area contributed by atoms with E-state index in [1.807, 2.05) is 48.6 Å². The summed E-state index contributed by atoms with van der Waals surface area (Å²) in [6, 6.07) is 20.3. The molecule has 2 nitrogen and oxygen atoms in total. The molecule has 0 amide bonds. The third kappa shape index (κ3) is 2.25. The lowest BCUT2D eigenvalue weighted by molar-refractivity contribution is -0.00657. The van der Waals surface area contributed by atoms with Gasteiger partial charge in [0.25, 0.3) is 0 Å². The van der Waals surface area contributed by atoms with Crippen molar-refractivity contribution < 1.29 is 4.79 Å². The number of nitrogens with zero attached hydrogens (tertiary/aromatic N) is 2. The van der Waals surface area contributed by atoms with Gasteiger partial charge in [0.1, 0.15) is 5.92 Å². The zero-order valence-electron chi connectivity index (χ0n) is 11.0. The lowest BCUT2D eigenvalue weighted by atomic mass is 9.80. The van der Waals surface area contributed by atoms with Crippen LogP contribution in [0.5, 0.6) is 0 Å². The number of hydrogen-bond acceptors (Lipinski definition) is 0. The van der Waals surface area contributed by atoms with Gasteiger partial charge >= 0.3 is 5.71 Å². The SMILES string of the molecule is [N-]=[N+]=C1C=CC=C(c2ccccc2)C1c1ccccc1. The topological polar surface area (TPSA) is 36.4 Å². The van der Waals surface area contributed by atoms with Crippen LogP contribution in [0.2, 0.25) is 0 Å². The molecule has 96 valence electrons. The lowest BCUT2D eigenvalue weighted by Crippen LogP contribution is -2.16. The van der Waals surface area contributed by atoms with Crippen LogP contribution in [0.25, 0.3) is 11.1 Å². The molecule has 2 aromatic rings. The summed E-state index contributed by atoms with van der Waals surface area (Å²) in [6.07, 6.45) is 5.86. The maximum atomic E-state index is 9.30. The average molecular weight is 258 g/mol. The molecular formula is C18H14N2. The first-order valence-corrected chi connectivity index (χ1v) is 6.61. The fourth-order valence-electron chi connectivity index (χ4n) is 2.58. The highest BCUT2D eigenvalue weighted by molar-refractivity contribution is 6.07. The molecule has 20 heavy (non-hydrogen) atoms. The highest BCUT2D eigenvalue weighted by Crippen LogP contribution is 2.35. The first-order valence-electron chi connectivity index (χ1n) is 6.61. The Balaban J connectivity index is 2.14. The van der Waals surface area contributed by atoms with Crippen molar-refractivity contribution in [3.8, 4) is 0 Å². The Morgan fingerprint density at radius 3 is 2.15 bits per heavy atom. The van der Waals surface area contributed by atoms with Crippen molar-refractivity contribution in [1.82, 2.24) is 0 Å². The van der Waals surface area contributed by atoms with Gasteiger partial charge in [-0.3, -0.25) is 0 Å². The van der Waals surface area contributed by atoms with Crippen molar-refractivity contribution in [3.63, 3.8) is 0 Å². The zero-order valence-corrected chi connectivity index (χ0v) is 11.0. The van der Waals surface area contributed by atoms with Gasteiger partial charge in [0.15, 0.2) is 0 Å². The molecule has 0 aromatic heterocycles. The second-order valence-electron chi connectivity index (χ2n) is 4.72. The van der Waals surface area contributed by atoms with Crippen LogP contribution in [0.3, 0.4) is 0 Å². The minimum Gasteiger partial charge on any atom is -0.361 e. The molecule has 0 N–H and O–H groups in total. The van der Waals surface area contributed by atoms with Gasteiger partial charge in [0.05, 0.1) is 0 Å². The van der Waals surface area contributed by atoms with Crippen LogP contribution in [0.15, 0.2) is 78.9 Å². The summed E-state index contributed by atoms with van der Waals surface area (Å²) < 4.78 is 0. The van der Waals surface area contributed by atoms with Gasteiger partial charge in [-0.25, -0.2) is 0 Å². The smallest absolute Gasteiger partial charge is 0.303 e. The van der Waals surface area contributed by atoms with Crippen LogP contribution >= 0.6 is 0 Å². The molecule has 0 saturated carbocycles. The molecule has 2 heteroatoms. The molecular weight excluding hydrogens is 244 g/mol. The van der Waals surface area contributed by atoms with E-state index in [1.165, 1.54) is 0 Å². The quantitative estimate of drug-likeness (QED) is 0.574. The summed E-state index contributed by atoms with van der Waals surface area (Å²) in [6.45, 7) is 0. The summed E-state index contributed by atoms with van der Waals surface area (Å²) in [7, 11) is 0. The molecule has 0 spiro atoms. The van der Waals surface area contributed by atoms with Crippen LogP contribution in [0.1, 0.15) is 17.0 Å². The summed E-state index contributed by atoms with van der Waals surface area (Å²) in [5.41, 5.74) is 13.4. The Morgan fingerprint density at radius 1 is 0.850 bits per heavy atom. The van der Waals surface area contributed by atoms with E-state index in [4.69, 9.17) is 0 Å². The van der Waals surface area contributed by atoms with Crippen molar-refractivity contribution in [2.45, 2.75) is 5.92 Å². The van der Waals surface area contributed by atoms with Gasteiger partial charge in [0, 0.05) is 6.08 Å². The van der Waals surface area contributed by atoms with Gasteiger partial charge in [-0.05, 0) is 16.7 Å². The lowest BCUT2D eigenvalue weighted by Gasteiger charge is -2.19. The van der Waals surface area contributed by atoms with E-state index in [0.717, 1.165) is 16.7 Å². The van der Waals surface area contributed by atoms with Gasteiger partial charge in [0.2, 0.25) is 0 Å². The molecule has 0 radical (unpaired) electrons. The summed E-state index contributed by atoms with van der Waals surface area (Å²) >= 11 is 0. The van der Waals surface area contributed by atoms with E-state index < -0.39 is 0 Å². The normalized spacial score (nSPS) is 17.5. The van der Waals surface area contributed by atoms with E-state index in [9.17, 15) is 5.53 Å². The van der Waals surface area contributed by atoms with Crippen LogP contribution in [-0.4, -0.2) is 10.5 Å². The molecule has 1 atom stereocenters. The summed E-state index contributed by atoms with van der Waals surface area (Å²) in [4.78, 5) is 3.47. The highest BCUT2D eigenvalue weighted by Gasteiger charge is 2.29. The molecule has 0 bridgehead atoms. The number of benzene rings is 2. The highest BCUT2D eigenvalue weighted by atomic mass is 14.9. The Labute approximate surface area is 118 Å². The van der Waals surface area contributed by atoms with Gasteiger partial charge in [-0.1, -0.05) is 72.8 Å². The fraction of sp³-hybridized carbons (Fsp3) is 0.0556. The first kappa shape index (κ1) is 12.3. The van der Waals surface area contributed by atoms with Gasteiger partial charge in [-0.2, -0.15) is 4.79 Å². The van der Waals surface area contributed by atoms with Gasteiger partial charge < -0.3 is 5.53 Å². The number of rotatable bonds is 2. The van der Waals surface area contributed by atoms with E-state index >= 15 is 0 Å². The molecule has 0 fully saturated rings. The Morgan fingerprint density at radius 2 is 1.50 bits per heavy atom. The third-order valence-electron chi connectivity index (χ3n) is 3.51. The molecule has 1 aliphatic carbocycles. The largest absolute Gasteiger partial charge is 0.361 e. The van der Waals surface area contributed by atoms with E-state index in [2.05, 4.69) is 35.1 Å². The molecule has 3 rings (SSSR count). The minimum absolute atomic E-state index is 0.0337. The molecule has 1 unspecified atom stereocenters. The predicted octanol–water partition coefficient (Wildman–Crippen LogP) is 4.09.